The summed E-state index contributed by atoms with van der Waals surface area (Å²) in [5, 5.41) is 0. The van der Waals surface area contributed by atoms with Crippen LogP contribution in [0.5, 0.6) is 0 Å². The van der Waals surface area contributed by atoms with E-state index in [2.05, 4.69) is 13.8 Å². The van der Waals surface area contributed by atoms with Crippen molar-refractivity contribution < 1.29 is 9.59 Å². The molecule has 0 amide bonds. The van der Waals surface area contributed by atoms with Crippen LogP contribution in [0.4, 0.5) is 11.4 Å². The lowest BCUT2D eigenvalue weighted by Crippen LogP contribution is -2.18. The van der Waals surface area contributed by atoms with Gasteiger partial charge in [0.2, 0.25) is 11.6 Å². The van der Waals surface area contributed by atoms with E-state index in [-0.39, 0.29) is 11.1 Å². The lowest BCUT2D eigenvalue weighted by Gasteiger charge is -2.10. The summed E-state index contributed by atoms with van der Waals surface area (Å²) in [5.41, 5.74) is 15.1. The highest BCUT2D eigenvalue weighted by Crippen LogP contribution is 2.22. The van der Waals surface area contributed by atoms with Gasteiger partial charge < -0.3 is 11.5 Å². The van der Waals surface area contributed by atoms with Gasteiger partial charge in [-0.2, -0.15) is 0 Å². The van der Waals surface area contributed by atoms with Crippen molar-refractivity contribution in [1.29, 1.82) is 0 Å². The van der Waals surface area contributed by atoms with E-state index < -0.39 is 11.6 Å². The number of rotatable bonds is 9. The molecule has 0 spiro atoms. The molecule has 2 aromatic rings. The number of hydrogen-bond donors (Lipinski definition) is 2. The number of nitrogen functional groups attached to an aromatic ring is 2. The number of unbranched alkanes of at least 4 members (excludes halogenated alkanes) is 2. The molecule has 0 unspecified atom stereocenters. The first kappa shape index (κ1) is 19.7. The molecule has 0 saturated heterocycles. The van der Waals surface area contributed by atoms with Gasteiger partial charge in [-0.1, -0.05) is 38.8 Å². The van der Waals surface area contributed by atoms with Crippen molar-refractivity contribution in [2.75, 3.05) is 11.5 Å². The number of anilines is 2. The van der Waals surface area contributed by atoms with Crippen molar-refractivity contribution in [2.24, 2.45) is 0 Å². The lowest BCUT2D eigenvalue weighted by atomic mass is 9.94. The fraction of sp³-hybridized carbons (Fsp3) is 0.364. The topological polar surface area (TPSA) is 86.2 Å². The summed E-state index contributed by atoms with van der Waals surface area (Å²) in [6.45, 7) is 4.22. The minimum Gasteiger partial charge on any atom is -0.398 e. The smallest absolute Gasteiger partial charge is 0.235 e. The fourth-order valence-electron chi connectivity index (χ4n) is 2.92. The maximum atomic E-state index is 12.8. The Morgan fingerprint density at radius 3 is 1.46 bits per heavy atom. The highest BCUT2D eigenvalue weighted by molar-refractivity contribution is 6.50. The summed E-state index contributed by atoms with van der Waals surface area (Å²) in [6.07, 6.45) is 5.90. The first-order chi connectivity index (χ1) is 12.5. The highest BCUT2D eigenvalue weighted by Gasteiger charge is 2.23. The van der Waals surface area contributed by atoms with Crippen molar-refractivity contribution in [3.05, 3.63) is 58.7 Å². The van der Waals surface area contributed by atoms with Crippen molar-refractivity contribution in [3.8, 4) is 0 Å². The molecule has 26 heavy (non-hydrogen) atoms. The Kier molecular flexibility index (Phi) is 6.96. The Morgan fingerprint density at radius 2 is 1.12 bits per heavy atom. The summed E-state index contributed by atoms with van der Waals surface area (Å²) >= 11 is 0. The molecule has 4 N–H and O–H groups in total. The summed E-state index contributed by atoms with van der Waals surface area (Å²) in [5.74, 6) is -1.19. The maximum Gasteiger partial charge on any atom is 0.235 e. The number of ketones is 2. The van der Waals surface area contributed by atoms with E-state index >= 15 is 0 Å². The Balaban J connectivity index is 2.31. The van der Waals surface area contributed by atoms with E-state index in [9.17, 15) is 9.59 Å². The predicted octanol–water partition coefficient (Wildman–Crippen LogP) is 4.60. The third-order valence-electron chi connectivity index (χ3n) is 4.57. The van der Waals surface area contributed by atoms with E-state index in [4.69, 9.17) is 11.5 Å². The standard InChI is InChI=1S/C22H28N2O2/c1-3-5-7-15-9-11-19(23)17(13-15)21(25)22(26)18-14-16(8-6-4-2)10-12-20(18)24/h9-14H,3-8,23-24H2,1-2H3. The molecule has 4 heteroatoms. The monoisotopic (exact) mass is 352 g/mol. The Labute approximate surface area is 155 Å². The molecule has 0 aliphatic rings. The minimum atomic E-state index is -0.597. The minimum absolute atomic E-state index is 0.266. The van der Waals surface area contributed by atoms with Gasteiger partial charge in [0, 0.05) is 22.5 Å². The van der Waals surface area contributed by atoms with Crippen LogP contribution in [0.15, 0.2) is 36.4 Å². The summed E-state index contributed by atoms with van der Waals surface area (Å²) in [6, 6.07) is 10.7. The second kappa shape index (κ2) is 9.18. The number of carbonyl (C=O) groups excluding carboxylic acids is 2. The third kappa shape index (κ3) is 4.72. The first-order valence-corrected chi connectivity index (χ1v) is 9.33. The Morgan fingerprint density at radius 1 is 0.731 bits per heavy atom. The molecule has 4 nitrogen and oxygen atoms in total. The number of hydrogen-bond acceptors (Lipinski definition) is 4. The first-order valence-electron chi connectivity index (χ1n) is 9.33. The molecule has 138 valence electrons. The zero-order valence-corrected chi connectivity index (χ0v) is 15.7. The average molecular weight is 352 g/mol. The Hall–Kier alpha value is -2.62. The van der Waals surface area contributed by atoms with Crippen LogP contribution in [-0.4, -0.2) is 11.6 Å². The lowest BCUT2D eigenvalue weighted by molar-refractivity contribution is 0.0818. The number of carbonyl (C=O) groups is 2. The number of nitrogens with two attached hydrogens (primary N) is 2. The van der Waals surface area contributed by atoms with Gasteiger partial charge in [0.25, 0.3) is 0 Å². The fourth-order valence-corrected chi connectivity index (χ4v) is 2.92. The van der Waals surface area contributed by atoms with Crippen LogP contribution in [0.3, 0.4) is 0 Å². The molecule has 2 rings (SSSR count). The maximum absolute atomic E-state index is 12.8. The zero-order valence-electron chi connectivity index (χ0n) is 15.7. The molecule has 0 bridgehead atoms. The van der Waals surface area contributed by atoms with E-state index in [0.717, 1.165) is 49.7 Å². The summed E-state index contributed by atoms with van der Waals surface area (Å²) in [4.78, 5) is 25.6. The van der Waals surface area contributed by atoms with Gasteiger partial charge in [-0.25, -0.2) is 0 Å². The highest BCUT2D eigenvalue weighted by atomic mass is 16.2. The van der Waals surface area contributed by atoms with Gasteiger partial charge in [-0.05, 0) is 61.1 Å². The number of aryl methyl sites for hydroxylation is 2. The van der Waals surface area contributed by atoms with Gasteiger partial charge in [-0.3, -0.25) is 9.59 Å². The van der Waals surface area contributed by atoms with Gasteiger partial charge in [0.05, 0.1) is 0 Å². The van der Waals surface area contributed by atoms with Gasteiger partial charge in [0.15, 0.2) is 0 Å². The second-order valence-corrected chi connectivity index (χ2v) is 6.71. The molecule has 0 fully saturated rings. The quantitative estimate of drug-likeness (QED) is 0.392. The molecule has 0 aromatic heterocycles. The molecule has 0 aliphatic heterocycles. The number of benzene rings is 2. The van der Waals surface area contributed by atoms with Crippen LogP contribution < -0.4 is 11.5 Å². The summed E-state index contributed by atoms with van der Waals surface area (Å²) in [7, 11) is 0. The third-order valence-corrected chi connectivity index (χ3v) is 4.57. The molecule has 0 atom stereocenters. The van der Waals surface area contributed by atoms with E-state index in [1.807, 2.05) is 12.1 Å². The molecule has 0 heterocycles. The molecular weight excluding hydrogens is 324 g/mol. The van der Waals surface area contributed by atoms with Gasteiger partial charge in [0.1, 0.15) is 0 Å². The molecular formula is C22H28N2O2. The second-order valence-electron chi connectivity index (χ2n) is 6.71. The average Bonchev–Trinajstić information content (AvgIpc) is 2.65. The van der Waals surface area contributed by atoms with Crippen molar-refractivity contribution in [3.63, 3.8) is 0 Å². The van der Waals surface area contributed by atoms with E-state index in [1.54, 1.807) is 24.3 Å². The van der Waals surface area contributed by atoms with E-state index in [1.165, 1.54) is 0 Å². The van der Waals surface area contributed by atoms with Crippen LogP contribution in [0, 0.1) is 0 Å². The molecule has 0 saturated carbocycles. The van der Waals surface area contributed by atoms with Crippen molar-refractivity contribution in [1.82, 2.24) is 0 Å². The SMILES string of the molecule is CCCCc1ccc(N)c(C(=O)C(=O)c2cc(CCCC)ccc2N)c1. The zero-order chi connectivity index (χ0) is 19.1. The van der Waals surface area contributed by atoms with Crippen molar-refractivity contribution in [2.45, 2.75) is 52.4 Å². The molecule has 2 aromatic carbocycles. The van der Waals surface area contributed by atoms with Crippen LogP contribution in [0.2, 0.25) is 0 Å². The van der Waals surface area contributed by atoms with Gasteiger partial charge >= 0.3 is 0 Å². The van der Waals surface area contributed by atoms with Crippen LogP contribution in [0.1, 0.15) is 71.4 Å². The van der Waals surface area contributed by atoms with E-state index in [0.29, 0.717) is 11.4 Å². The summed E-state index contributed by atoms with van der Waals surface area (Å²) < 4.78 is 0. The van der Waals surface area contributed by atoms with Crippen LogP contribution in [-0.2, 0) is 12.8 Å². The Bertz CT molecular complexity index is 729. The molecule has 0 radical (unpaired) electrons. The predicted molar refractivity (Wildman–Crippen MR) is 108 cm³/mol. The van der Waals surface area contributed by atoms with Gasteiger partial charge in [-0.15, -0.1) is 0 Å². The number of Topliss-reactive ketones (excluding diaryl/α,β-unsaturated/α-hetero) is 2. The molecule has 0 aliphatic carbocycles. The van der Waals surface area contributed by atoms with Crippen LogP contribution in [0.25, 0.3) is 0 Å². The largest absolute Gasteiger partial charge is 0.398 e. The normalized spacial score (nSPS) is 10.7. The van der Waals surface area contributed by atoms with Crippen molar-refractivity contribution >= 4 is 22.9 Å². The van der Waals surface area contributed by atoms with Crippen LogP contribution >= 0.6 is 0 Å².